The fourth-order valence-corrected chi connectivity index (χ4v) is 4.57. The highest BCUT2D eigenvalue weighted by Gasteiger charge is 2.39. The molecule has 0 spiro atoms. The molecule has 1 saturated carbocycles. The monoisotopic (exact) mass is 281 g/mol. The molecular formula is C17H35N3. The van der Waals surface area contributed by atoms with Crippen LogP contribution in [0.5, 0.6) is 0 Å². The number of hydrogen-bond acceptors (Lipinski definition) is 3. The molecule has 1 heterocycles. The summed E-state index contributed by atoms with van der Waals surface area (Å²) in [6, 6.07) is 2.20. The van der Waals surface area contributed by atoms with Gasteiger partial charge in [0.2, 0.25) is 0 Å². The van der Waals surface area contributed by atoms with Gasteiger partial charge in [-0.2, -0.15) is 0 Å². The van der Waals surface area contributed by atoms with Gasteiger partial charge in [0.05, 0.1) is 0 Å². The van der Waals surface area contributed by atoms with Gasteiger partial charge in [0.1, 0.15) is 0 Å². The Hall–Kier alpha value is -0.120. The van der Waals surface area contributed by atoms with Gasteiger partial charge in [0, 0.05) is 31.2 Å². The van der Waals surface area contributed by atoms with Gasteiger partial charge < -0.3 is 10.2 Å². The van der Waals surface area contributed by atoms with Crippen LogP contribution in [-0.4, -0.2) is 62.2 Å². The second-order valence-corrected chi connectivity index (χ2v) is 7.39. The molecule has 0 radical (unpaired) electrons. The summed E-state index contributed by atoms with van der Waals surface area (Å²) in [7, 11) is 6.63. The molecule has 0 amide bonds. The smallest absolute Gasteiger partial charge is 0.0254 e. The molecule has 0 aromatic carbocycles. The zero-order valence-electron chi connectivity index (χ0n) is 14.2. The van der Waals surface area contributed by atoms with E-state index in [-0.39, 0.29) is 0 Å². The van der Waals surface area contributed by atoms with E-state index in [0.717, 1.165) is 23.9 Å². The number of likely N-dealkylation sites (tertiary alicyclic amines) is 1. The predicted octanol–water partition coefficient (Wildman–Crippen LogP) is 2.43. The lowest BCUT2D eigenvalue weighted by Gasteiger charge is -2.41. The van der Waals surface area contributed by atoms with Gasteiger partial charge in [-0.1, -0.05) is 26.7 Å². The van der Waals surface area contributed by atoms with E-state index >= 15 is 0 Å². The molecule has 0 aromatic rings. The fourth-order valence-electron chi connectivity index (χ4n) is 4.57. The average Bonchev–Trinajstić information content (AvgIpc) is 2.81. The van der Waals surface area contributed by atoms with Crippen molar-refractivity contribution in [3.8, 4) is 0 Å². The van der Waals surface area contributed by atoms with E-state index in [0.29, 0.717) is 6.04 Å². The Morgan fingerprint density at radius 1 is 1.20 bits per heavy atom. The highest BCUT2D eigenvalue weighted by Crippen LogP contribution is 2.34. The van der Waals surface area contributed by atoms with Crippen molar-refractivity contribution in [3.05, 3.63) is 0 Å². The zero-order chi connectivity index (χ0) is 14.7. The van der Waals surface area contributed by atoms with Crippen LogP contribution in [0.2, 0.25) is 0 Å². The summed E-state index contributed by atoms with van der Waals surface area (Å²) < 4.78 is 0. The first-order valence-corrected chi connectivity index (χ1v) is 8.64. The maximum atomic E-state index is 3.60. The molecule has 1 aliphatic heterocycles. The molecule has 1 saturated heterocycles. The lowest BCUT2D eigenvalue weighted by molar-refractivity contribution is 0.111. The molecular weight excluding hydrogens is 246 g/mol. The number of nitrogens with zero attached hydrogens (tertiary/aromatic N) is 2. The molecule has 2 aliphatic rings. The molecule has 20 heavy (non-hydrogen) atoms. The van der Waals surface area contributed by atoms with Crippen molar-refractivity contribution in [1.29, 1.82) is 0 Å². The largest absolute Gasteiger partial charge is 0.315 e. The Kier molecular flexibility index (Phi) is 5.88. The van der Waals surface area contributed by atoms with E-state index < -0.39 is 0 Å². The second kappa shape index (κ2) is 7.24. The maximum Gasteiger partial charge on any atom is 0.0254 e. The second-order valence-electron chi connectivity index (χ2n) is 7.39. The quantitative estimate of drug-likeness (QED) is 0.835. The van der Waals surface area contributed by atoms with Crippen LogP contribution in [0.1, 0.15) is 46.0 Å². The van der Waals surface area contributed by atoms with Gasteiger partial charge >= 0.3 is 0 Å². The van der Waals surface area contributed by atoms with Crippen molar-refractivity contribution in [2.24, 2.45) is 11.8 Å². The molecule has 3 heteroatoms. The Bertz CT molecular complexity index is 292. The van der Waals surface area contributed by atoms with Gasteiger partial charge in [0.15, 0.2) is 0 Å². The van der Waals surface area contributed by atoms with Gasteiger partial charge in [-0.05, 0) is 52.2 Å². The Balaban J connectivity index is 2.00. The van der Waals surface area contributed by atoms with Crippen LogP contribution in [0.3, 0.4) is 0 Å². The normalized spacial score (nSPS) is 39.6. The van der Waals surface area contributed by atoms with Gasteiger partial charge in [-0.15, -0.1) is 0 Å². The van der Waals surface area contributed by atoms with Crippen LogP contribution in [-0.2, 0) is 0 Å². The standard InChI is InChI=1S/C17H35N3/c1-6-7-14-8-9-15(18-3)16(10-14)20-11-13(2)17(12-20)19(4)5/h13-18H,6-12H2,1-5H3. The lowest BCUT2D eigenvalue weighted by Crippen LogP contribution is -2.52. The summed E-state index contributed by atoms with van der Waals surface area (Å²) >= 11 is 0. The minimum atomic E-state index is 0.705. The maximum absolute atomic E-state index is 3.60. The predicted molar refractivity (Wildman–Crippen MR) is 87.1 cm³/mol. The molecule has 0 aromatic heterocycles. The molecule has 5 unspecified atom stereocenters. The SMILES string of the molecule is CCCC1CCC(NC)C(N2CC(C)C(N(C)C)C2)C1. The van der Waals surface area contributed by atoms with Crippen LogP contribution >= 0.6 is 0 Å². The van der Waals surface area contributed by atoms with E-state index in [4.69, 9.17) is 0 Å². The van der Waals surface area contributed by atoms with Gasteiger partial charge in [-0.3, -0.25) is 4.90 Å². The summed E-state index contributed by atoms with van der Waals surface area (Å²) in [5.74, 6) is 1.76. The summed E-state index contributed by atoms with van der Waals surface area (Å²) in [6.07, 6.45) is 6.97. The van der Waals surface area contributed by atoms with E-state index in [2.05, 4.69) is 50.1 Å². The number of likely N-dealkylation sites (N-methyl/N-ethyl adjacent to an activating group) is 2. The third kappa shape index (κ3) is 3.55. The Morgan fingerprint density at radius 3 is 2.50 bits per heavy atom. The first-order chi connectivity index (χ1) is 9.56. The Labute approximate surface area is 126 Å². The molecule has 1 N–H and O–H groups in total. The van der Waals surface area contributed by atoms with Crippen molar-refractivity contribution in [2.45, 2.75) is 64.1 Å². The van der Waals surface area contributed by atoms with E-state index in [9.17, 15) is 0 Å². The van der Waals surface area contributed by atoms with Crippen molar-refractivity contribution < 1.29 is 0 Å². The van der Waals surface area contributed by atoms with Crippen molar-refractivity contribution in [2.75, 3.05) is 34.2 Å². The molecule has 2 rings (SSSR count). The zero-order valence-corrected chi connectivity index (χ0v) is 14.2. The highest BCUT2D eigenvalue weighted by molar-refractivity contribution is 4.96. The van der Waals surface area contributed by atoms with E-state index in [1.165, 1.54) is 45.2 Å². The number of rotatable bonds is 5. The van der Waals surface area contributed by atoms with Gasteiger partial charge in [0.25, 0.3) is 0 Å². The van der Waals surface area contributed by atoms with Crippen LogP contribution in [0.15, 0.2) is 0 Å². The van der Waals surface area contributed by atoms with Crippen LogP contribution in [0.25, 0.3) is 0 Å². The topological polar surface area (TPSA) is 18.5 Å². The third-order valence-electron chi connectivity index (χ3n) is 5.73. The molecule has 5 atom stereocenters. The number of nitrogens with one attached hydrogen (secondary N) is 1. The van der Waals surface area contributed by atoms with Crippen LogP contribution in [0.4, 0.5) is 0 Å². The van der Waals surface area contributed by atoms with Crippen molar-refractivity contribution >= 4 is 0 Å². The average molecular weight is 281 g/mol. The third-order valence-corrected chi connectivity index (χ3v) is 5.73. The van der Waals surface area contributed by atoms with E-state index in [1.54, 1.807) is 0 Å². The van der Waals surface area contributed by atoms with E-state index in [1.807, 2.05) is 0 Å². The summed E-state index contributed by atoms with van der Waals surface area (Å²) in [4.78, 5) is 5.21. The highest BCUT2D eigenvalue weighted by atomic mass is 15.3. The van der Waals surface area contributed by atoms with Crippen molar-refractivity contribution in [1.82, 2.24) is 15.1 Å². The van der Waals surface area contributed by atoms with Crippen LogP contribution < -0.4 is 5.32 Å². The molecule has 3 nitrogen and oxygen atoms in total. The molecule has 2 fully saturated rings. The summed E-state index contributed by atoms with van der Waals surface area (Å²) in [5, 5.41) is 3.60. The molecule has 1 aliphatic carbocycles. The van der Waals surface area contributed by atoms with Crippen LogP contribution in [0, 0.1) is 11.8 Å². The number of hydrogen-bond donors (Lipinski definition) is 1. The summed E-state index contributed by atoms with van der Waals surface area (Å²) in [6.45, 7) is 7.30. The first kappa shape index (κ1) is 16.3. The molecule has 0 bridgehead atoms. The lowest BCUT2D eigenvalue weighted by atomic mass is 9.79. The summed E-state index contributed by atoms with van der Waals surface area (Å²) in [5.41, 5.74) is 0. The first-order valence-electron chi connectivity index (χ1n) is 8.64. The van der Waals surface area contributed by atoms with Crippen molar-refractivity contribution in [3.63, 3.8) is 0 Å². The minimum Gasteiger partial charge on any atom is -0.315 e. The minimum absolute atomic E-state index is 0.705. The van der Waals surface area contributed by atoms with Gasteiger partial charge in [-0.25, -0.2) is 0 Å². The Morgan fingerprint density at radius 2 is 1.95 bits per heavy atom. The molecule has 118 valence electrons. The fraction of sp³-hybridized carbons (Fsp3) is 1.00.